The van der Waals surface area contributed by atoms with Gasteiger partial charge in [0.2, 0.25) is 0 Å². The van der Waals surface area contributed by atoms with E-state index in [4.69, 9.17) is 37.4 Å². The van der Waals surface area contributed by atoms with Gasteiger partial charge in [0.15, 0.2) is 6.29 Å². The largest absolute Gasteiger partial charge is 0.450 e. The highest BCUT2D eigenvalue weighted by Crippen LogP contribution is 2.29. The molecule has 140 valence electrons. The monoisotopic (exact) mass is 389 g/mol. The minimum atomic E-state index is -0.508. The fourth-order valence-corrected chi connectivity index (χ4v) is 3.04. The van der Waals surface area contributed by atoms with E-state index in [1.54, 1.807) is 13.0 Å². The average Bonchev–Trinajstić information content (AvgIpc) is 2.58. The molecule has 7 heteroatoms. The maximum absolute atomic E-state index is 11.8. The van der Waals surface area contributed by atoms with Crippen LogP contribution in [0.15, 0.2) is 18.2 Å². The molecule has 1 aliphatic rings. The summed E-state index contributed by atoms with van der Waals surface area (Å²) < 4.78 is 16.6. The van der Waals surface area contributed by atoms with Crippen LogP contribution < -0.4 is 5.32 Å². The van der Waals surface area contributed by atoms with Crippen molar-refractivity contribution in [1.82, 2.24) is 5.32 Å². The Kier molecular flexibility index (Phi) is 8.30. The molecule has 5 nitrogen and oxygen atoms in total. The first-order valence-corrected chi connectivity index (χ1v) is 9.40. The zero-order valence-electron chi connectivity index (χ0n) is 14.6. The molecule has 1 fully saturated rings. The Morgan fingerprint density at radius 3 is 2.80 bits per heavy atom. The van der Waals surface area contributed by atoms with E-state index in [9.17, 15) is 4.79 Å². The lowest BCUT2D eigenvalue weighted by Gasteiger charge is -2.29. The lowest BCUT2D eigenvalue weighted by atomic mass is 9.97. The molecule has 1 heterocycles. The third-order valence-corrected chi connectivity index (χ3v) is 4.83. The Balaban J connectivity index is 2.01. The van der Waals surface area contributed by atoms with Gasteiger partial charge in [0, 0.05) is 6.61 Å². The van der Waals surface area contributed by atoms with Crippen molar-refractivity contribution >= 4 is 29.3 Å². The lowest BCUT2D eigenvalue weighted by molar-refractivity contribution is -0.194. The van der Waals surface area contributed by atoms with E-state index in [1.165, 1.54) is 0 Å². The highest BCUT2D eigenvalue weighted by molar-refractivity contribution is 6.42. The van der Waals surface area contributed by atoms with Gasteiger partial charge in [-0.3, -0.25) is 5.32 Å². The standard InChI is InChI=1S/C18H25Cl2NO4/c1-3-23-18(22)21-16(25-17-6-4-5-9-24-17)10-12(2)13-7-8-14(19)15(20)11-13/h7-8,11-12,16-17H,3-6,9-10H2,1-2H3,(H,21,22). The first-order chi connectivity index (χ1) is 12.0. The number of nitrogens with one attached hydrogen (secondary N) is 1. The second-order valence-corrected chi connectivity index (χ2v) is 6.91. The van der Waals surface area contributed by atoms with Gasteiger partial charge >= 0.3 is 6.09 Å². The number of carbonyl (C=O) groups excluding carboxylic acids is 1. The third kappa shape index (κ3) is 6.66. The molecule has 3 unspecified atom stereocenters. The van der Waals surface area contributed by atoms with Crippen molar-refractivity contribution in [2.24, 2.45) is 0 Å². The van der Waals surface area contributed by atoms with Crippen molar-refractivity contribution in [3.05, 3.63) is 33.8 Å². The van der Waals surface area contributed by atoms with Gasteiger partial charge in [0.25, 0.3) is 0 Å². The number of halogens is 2. The second-order valence-electron chi connectivity index (χ2n) is 6.10. The van der Waals surface area contributed by atoms with E-state index in [1.807, 2.05) is 19.1 Å². The van der Waals surface area contributed by atoms with Gasteiger partial charge in [-0.1, -0.05) is 36.2 Å². The summed E-state index contributed by atoms with van der Waals surface area (Å²) in [5.41, 5.74) is 1.03. The number of amides is 1. The SMILES string of the molecule is CCOC(=O)NC(CC(C)c1ccc(Cl)c(Cl)c1)OC1CCCCO1. The fraction of sp³-hybridized carbons (Fsp3) is 0.611. The van der Waals surface area contributed by atoms with E-state index >= 15 is 0 Å². The maximum atomic E-state index is 11.8. The maximum Gasteiger partial charge on any atom is 0.409 e. The van der Waals surface area contributed by atoms with Crippen molar-refractivity contribution < 1.29 is 19.0 Å². The van der Waals surface area contributed by atoms with Crippen LogP contribution in [-0.2, 0) is 14.2 Å². The third-order valence-electron chi connectivity index (χ3n) is 4.09. The van der Waals surface area contributed by atoms with Crippen LogP contribution in [0.2, 0.25) is 10.0 Å². The second kappa shape index (κ2) is 10.2. The number of alkyl carbamates (subject to hydrolysis) is 1. The van der Waals surface area contributed by atoms with Crippen LogP contribution in [-0.4, -0.2) is 31.8 Å². The molecular formula is C18H25Cl2NO4. The first-order valence-electron chi connectivity index (χ1n) is 8.65. The van der Waals surface area contributed by atoms with Gasteiger partial charge in [0.05, 0.1) is 16.7 Å². The van der Waals surface area contributed by atoms with Gasteiger partial charge in [-0.05, 0) is 56.2 Å². The van der Waals surface area contributed by atoms with Crippen molar-refractivity contribution in [1.29, 1.82) is 0 Å². The quantitative estimate of drug-likeness (QED) is 0.658. The lowest BCUT2D eigenvalue weighted by Crippen LogP contribution is -2.41. The van der Waals surface area contributed by atoms with Crippen molar-refractivity contribution in [2.45, 2.75) is 58.0 Å². The molecule has 1 saturated heterocycles. The van der Waals surface area contributed by atoms with E-state index in [-0.39, 0.29) is 12.2 Å². The van der Waals surface area contributed by atoms with Crippen LogP contribution in [0, 0.1) is 0 Å². The minimum absolute atomic E-state index is 0.102. The van der Waals surface area contributed by atoms with Crippen LogP contribution in [0.1, 0.15) is 51.0 Å². The van der Waals surface area contributed by atoms with Gasteiger partial charge in [-0.25, -0.2) is 4.79 Å². The molecule has 0 saturated carbocycles. The summed E-state index contributed by atoms with van der Waals surface area (Å²) in [6.07, 6.45) is 2.17. The number of ether oxygens (including phenoxy) is 3. The highest BCUT2D eigenvalue weighted by atomic mass is 35.5. The predicted molar refractivity (Wildman–Crippen MR) is 98.1 cm³/mol. The number of hydrogen-bond acceptors (Lipinski definition) is 4. The number of hydrogen-bond donors (Lipinski definition) is 1. The molecule has 0 aromatic heterocycles. The minimum Gasteiger partial charge on any atom is -0.450 e. The van der Waals surface area contributed by atoms with Gasteiger partial charge < -0.3 is 14.2 Å². The molecule has 0 bridgehead atoms. The van der Waals surface area contributed by atoms with Gasteiger partial charge in [-0.2, -0.15) is 0 Å². The Bertz CT molecular complexity index is 564. The Labute approximate surface area is 158 Å². The molecule has 1 N–H and O–H groups in total. The molecule has 1 aromatic rings. The van der Waals surface area contributed by atoms with Gasteiger partial charge in [0.1, 0.15) is 6.23 Å². The van der Waals surface area contributed by atoms with Crippen LogP contribution in [0.4, 0.5) is 4.79 Å². The number of rotatable bonds is 7. The number of benzene rings is 1. The predicted octanol–water partition coefficient (Wildman–Crippen LogP) is 5.10. The summed E-state index contributed by atoms with van der Waals surface area (Å²) >= 11 is 12.1. The number of carbonyl (C=O) groups is 1. The summed E-state index contributed by atoms with van der Waals surface area (Å²) in [6, 6.07) is 5.54. The highest BCUT2D eigenvalue weighted by Gasteiger charge is 2.24. The van der Waals surface area contributed by atoms with Crippen molar-refractivity contribution in [3.63, 3.8) is 0 Å². The van der Waals surface area contributed by atoms with Crippen LogP contribution in [0.5, 0.6) is 0 Å². The Morgan fingerprint density at radius 2 is 2.16 bits per heavy atom. The van der Waals surface area contributed by atoms with Crippen molar-refractivity contribution in [2.75, 3.05) is 13.2 Å². The van der Waals surface area contributed by atoms with Gasteiger partial charge in [-0.15, -0.1) is 0 Å². The van der Waals surface area contributed by atoms with Crippen LogP contribution >= 0.6 is 23.2 Å². The molecule has 1 amide bonds. The molecule has 3 atom stereocenters. The van der Waals surface area contributed by atoms with Crippen molar-refractivity contribution in [3.8, 4) is 0 Å². The Morgan fingerprint density at radius 1 is 1.36 bits per heavy atom. The summed E-state index contributed by atoms with van der Waals surface area (Å²) in [6.45, 7) is 4.79. The molecule has 1 aromatic carbocycles. The molecule has 0 radical (unpaired) electrons. The molecular weight excluding hydrogens is 365 g/mol. The average molecular weight is 390 g/mol. The molecule has 0 spiro atoms. The summed E-state index contributed by atoms with van der Waals surface area (Å²) in [5.74, 6) is 0.102. The summed E-state index contributed by atoms with van der Waals surface area (Å²) in [7, 11) is 0. The summed E-state index contributed by atoms with van der Waals surface area (Å²) in [4.78, 5) is 11.8. The normalized spacial score (nSPS) is 19.9. The van der Waals surface area contributed by atoms with E-state index in [0.29, 0.717) is 29.7 Å². The first kappa shape index (κ1) is 20.3. The van der Waals surface area contributed by atoms with Crippen LogP contribution in [0.25, 0.3) is 0 Å². The molecule has 25 heavy (non-hydrogen) atoms. The summed E-state index contributed by atoms with van der Waals surface area (Å²) in [5, 5.41) is 3.80. The molecule has 2 rings (SSSR count). The topological polar surface area (TPSA) is 56.8 Å². The van der Waals surface area contributed by atoms with E-state index in [0.717, 1.165) is 24.8 Å². The van der Waals surface area contributed by atoms with Crippen LogP contribution in [0.3, 0.4) is 0 Å². The fourth-order valence-electron chi connectivity index (χ4n) is 2.73. The van der Waals surface area contributed by atoms with E-state index in [2.05, 4.69) is 5.32 Å². The zero-order valence-corrected chi connectivity index (χ0v) is 16.1. The Hall–Kier alpha value is -1.01. The molecule has 1 aliphatic heterocycles. The van der Waals surface area contributed by atoms with E-state index < -0.39 is 12.3 Å². The molecule has 0 aliphatic carbocycles. The zero-order chi connectivity index (χ0) is 18.2. The smallest absolute Gasteiger partial charge is 0.409 e.